The van der Waals surface area contributed by atoms with Gasteiger partial charge in [-0.3, -0.25) is 19.6 Å². The van der Waals surface area contributed by atoms with Crippen LogP contribution in [-0.4, -0.2) is 47.6 Å². The maximum atomic E-state index is 12.1. The van der Waals surface area contributed by atoms with Crippen molar-refractivity contribution in [2.24, 2.45) is 5.92 Å². The molecule has 0 saturated carbocycles. The summed E-state index contributed by atoms with van der Waals surface area (Å²) in [5, 5.41) is 14.9. The van der Waals surface area contributed by atoms with Crippen molar-refractivity contribution in [3.05, 3.63) is 0 Å². The van der Waals surface area contributed by atoms with Crippen LogP contribution in [0.15, 0.2) is 0 Å². The molecule has 0 aliphatic heterocycles. The number of hydrogen-bond donors (Lipinski definition) is 3. The van der Waals surface area contributed by atoms with E-state index in [1.165, 1.54) is 0 Å². The Morgan fingerprint density at radius 2 is 1.95 bits per heavy atom. The summed E-state index contributed by atoms with van der Waals surface area (Å²) in [5.74, 6) is -1.12. The van der Waals surface area contributed by atoms with E-state index in [0.717, 1.165) is 12.8 Å². The Morgan fingerprint density at radius 3 is 2.45 bits per heavy atom. The van der Waals surface area contributed by atoms with Crippen molar-refractivity contribution in [1.82, 2.24) is 15.7 Å². The van der Waals surface area contributed by atoms with Gasteiger partial charge in [-0.05, 0) is 20.3 Å². The fourth-order valence-corrected chi connectivity index (χ4v) is 1.75. The first-order valence-electron chi connectivity index (χ1n) is 6.95. The Bertz CT molecular complexity index is 323. The van der Waals surface area contributed by atoms with E-state index < -0.39 is 12.0 Å². The highest BCUT2D eigenvalue weighted by atomic mass is 16.5. The third-order valence-corrected chi connectivity index (χ3v) is 2.91. The molecule has 0 saturated heterocycles. The molecule has 116 valence electrons. The van der Waals surface area contributed by atoms with Gasteiger partial charge >= 0.3 is 0 Å². The van der Waals surface area contributed by atoms with Crippen LogP contribution in [0.1, 0.15) is 40.0 Å². The van der Waals surface area contributed by atoms with Crippen LogP contribution in [0.2, 0.25) is 0 Å². The SMILES string of the molecule is CCCC[C@H](CN(O)C=O)C(=O)NC(C)C(=O)NCC. The summed E-state index contributed by atoms with van der Waals surface area (Å²) in [6.45, 7) is 5.80. The third kappa shape index (κ3) is 7.08. The average Bonchev–Trinajstić information content (AvgIpc) is 2.42. The fraction of sp³-hybridized carbons (Fsp3) is 0.769. The first kappa shape index (κ1) is 18.4. The van der Waals surface area contributed by atoms with Crippen molar-refractivity contribution >= 4 is 18.2 Å². The lowest BCUT2D eigenvalue weighted by atomic mass is 10.0. The molecule has 7 heteroatoms. The van der Waals surface area contributed by atoms with Gasteiger partial charge in [0.15, 0.2) is 0 Å². The third-order valence-electron chi connectivity index (χ3n) is 2.91. The zero-order chi connectivity index (χ0) is 15.5. The molecule has 0 bridgehead atoms. The van der Waals surface area contributed by atoms with Gasteiger partial charge in [0.25, 0.3) is 0 Å². The topological polar surface area (TPSA) is 98.7 Å². The van der Waals surface area contributed by atoms with Gasteiger partial charge in [-0.25, -0.2) is 5.06 Å². The Morgan fingerprint density at radius 1 is 1.30 bits per heavy atom. The quantitative estimate of drug-likeness (QED) is 0.305. The highest BCUT2D eigenvalue weighted by Gasteiger charge is 2.23. The molecule has 0 spiro atoms. The van der Waals surface area contributed by atoms with Crippen molar-refractivity contribution in [1.29, 1.82) is 0 Å². The van der Waals surface area contributed by atoms with Crippen LogP contribution in [0.3, 0.4) is 0 Å². The van der Waals surface area contributed by atoms with Crippen LogP contribution in [0.5, 0.6) is 0 Å². The van der Waals surface area contributed by atoms with Crippen LogP contribution in [0.25, 0.3) is 0 Å². The van der Waals surface area contributed by atoms with E-state index in [4.69, 9.17) is 0 Å². The Balaban J connectivity index is 4.52. The molecule has 20 heavy (non-hydrogen) atoms. The minimum atomic E-state index is -0.644. The van der Waals surface area contributed by atoms with Gasteiger partial charge < -0.3 is 10.6 Å². The number of rotatable bonds is 10. The van der Waals surface area contributed by atoms with Crippen LogP contribution >= 0.6 is 0 Å². The van der Waals surface area contributed by atoms with Gasteiger partial charge in [-0.15, -0.1) is 0 Å². The first-order valence-corrected chi connectivity index (χ1v) is 6.95. The zero-order valence-corrected chi connectivity index (χ0v) is 12.4. The number of hydroxylamine groups is 2. The molecule has 0 radical (unpaired) electrons. The number of amides is 3. The maximum Gasteiger partial charge on any atom is 0.242 e. The summed E-state index contributed by atoms with van der Waals surface area (Å²) in [6.07, 6.45) is 2.53. The van der Waals surface area contributed by atoms with Gasteiger partial charge in [0.05, 0.1) is 12.5 Å². The molecule has 7 nitrogen and oxygen atoms in total. The number of hydrogen-bond acceptors (Lipinski definition) is 4. The molecule has 0 fully saturated rings. The highest BCUT2D eigenvalue weighted by molar-refractivity contribution is 5.88. The summed E-state index contributed by atoms with van der Waals surface area (Å²) >= 11 is 0. The molecule has 0 aromatic carbocycles. The maximum absolute atomic E-state index is 12.1. The Labute approximate surface area is 119 Å². The van der Waals surface area contributed by atoms with Crippen LogP contribution in [0.4, 0.5) is 0 Å². The number of carbonyl (C=O) groups excluding carboxylic acids is 3. The van der Waals surface area contributed by atoms with Gasteiger partial charge in [-0.1, -0.05) is 19.8 Å². The van der Waals surface area contributed by atoms with E-state index in [-0.39, 0.29) is 24.8 Å². The molecule has 3 amide bonds. The summed E-state index contributed by atoms with van der Waals surface area (Å²) < 4.78 is 0. The standard InChI is InChI=1S/C13H25N3O4/c1-4-6-7-11(8-16(20)9-17)13(19)15-10(3)12(18)14-5-2/h9-11,20H,4-8H2,1-3H3,(H,14,18)(H,15,19)/t10?,11-/m1/s1. The lowest BCUT2D eigenvalue weighted by Crippen LogP contribution is -2.48. The van der Waals surface area contributed by atoms with Crippen LogP contribution < -0.4 is 10.6 Å². The molecule has 0 aromatic heterocycles. The van der Waals surface area contributed by atoms with Gasteiger partial charge in [0.1, 0.15) is 6.04 Å². The Kier molecular flexibility index (Phi) is 9.36. The highest BCUT2D eigenvalue weighted by Crippen LogP contribution is 2.10. The summed E-state index contributed by atoms with van der Waals surface area (Å²) in [5.41, 5.74) is 0. The monoisotopic (exact) mass is 287 g/mol. The number of nitrogens with zero attached hydrogens (tertiary/aromatic N) is 1. The summed E-state index contributed by atoms with van der Waals surface area (Å²) in [4.78, 5) is 34.1. The lowest BCUT2D eigenvalue weighted by molar-refractivity contribution is -0.155. The summed E-state index contributed by atoms with van der Waals surface area (Å²) in [6, 6.07) is -0.644. The summed E-state index contributed by atoms with van der Waals surface area (Å²) in [7, 11) is 0. The van der Waals surface area contributed by atoms with Crippen molar-refractivity contribution in [2.75, 3.05) is 13.1 Å². The molecular formula is C13H25N3O4. The van der Waals surface area contributed by atoms with Crippen molar-refractivity contribution in [3.63, 3.8) is 0 Å². The van der Waals surface area contributed by atoms with E-state index in [0.29, 0.717) is 18.0 Å². The first-order chi connectivity index (χ1) is 9.46. The second kappa shape index (κ2) is 10.2. The predicted molar refractivity (Wildman–Crippen MR) is 73.9 cm³/mol. The van der Waals surface area contributed by atoms with Gasteiger partial charge in [-0.2, -0.15) is 0 Å². The molecule has 0 aromatic rings. The van der Waals surface area contributed by atoms with E-state index in [1.807, 2.05) is 6.92 Å². The zero-order valence-electron chi connectivity index (χ0n) is 12.4. The van der Waals surface area contributed by atoms with Crippen molar-refractivity contribution in [2.45, 2.75) is 46.1 Å². The van der Waals surface area contributed by atoms with Crippen molar-refractivity contribution in [3.8, 4) is 0 Å². The normalized spacial score (nSPS) is 13.2. The second-order valence-electron chi connectivity index (χ2n) is 4.69. The predicted octanol–water partition coefficient (Wildman–Crippen LogP) is 0.281. The second-order valence-corrected chi connectivity index (χ2v) is 4.69. The molecule has 3 N–H and O–H groups in total. The van der Waals surface area contributed by atoms with E-state index >= 15 is 0 Å². The number of unbranched alkanes of at least 4 members (excludes halogenated alkanes) is 1. The fourth-order valence-electron chi connectivity index (χ4n) is 1.75. The molecule has 2 atom stereocenters. The van der Waals surface area contributed by atoms with Gasteiger partial charge in [0.2, 0.25) is 18.2 Å². The minimum Gasteiger partial charge on any atom is -0.355 e. The molecule has 0 heterocycles. The van der Waals surface area contributed by atoms with Gasteiger partial charge in [0, 0.05) is 6.54 Å². The largest absolute Gasteiger partial charge is 0.355 e. The lowest BCUT2D eigenvalue weighted by Gasteiger charge is -2.21. The molecular weight excluding hydrogens is 262 g/mol. The molecule has 1 unspecified atom stereocenters. The minimum absolute atomic E-state index is 0.0720. The molecule has 0 aliphatic rings. The number of carbonyl (C=O) groups is 3. The smallest absolute Gasteiger partial charge is 0.242 e. The number of likely N-dealkylation sites (N-methyl/N-ethyl adjacent to an activating group) is 1. The Hall–Kier alpha value is -1.63. The van der Waals surface area contributed by atoms with E-state index in [2.05, 4.69) is 10.6 Å². The molecule has 0 rings (SSSR count). The van der Waals surface area contributed by atoms with Crippen LogP contribution in [-0.2, 0) is 14.4 Å². The van der Waals surface area contributed by atoms with Crippen molar-refractivity contribution < 1.29 is 19.6 Å². The number of nitrogens with one attached hydrogen (secondary N) is 2. The van der Waals surface area contributed by atoms with E-state index in [9.17, 15) is 19.6 Å². The molecule has 0 aliphatic carbocycles. The van der Waals surface area contributed by atoms with Crippen LogP contribution in [0, 0.1) is 5.92 Å². The van der Waals surface area contributed by atoms with E-state index in [1.54, 1.807) is 13.8 Å². The average molecular weight is 287 g/mol.